The van der Waals surface area contributed by atoms with Crippen molar-refractivity contribution in [1.29, 1.82) is 0 Å². The first-order valence-corrected chi connectivity index (χ1v) is 9.22. The standard InChI is InChI=1S/4C4H8N2O3/c4*5-2(4(8)9)1-3(6)7/h4*2H,1,5H2,(H2,6,7)(H,8,9). The molecule has 0 rings (SSSR count). The number of primary amides is 4. The number of carboxylic acid groups (broad SMARTS) is 4. The summed E-state index contributed by atoms with van der Waals surface area (Å²) in [6, 6.07) is -4.66. The maximum atomic E-state index is 9.99. The van der Waals surface area contributed by atoms with Crippen LogP contribution in [0.1, 0.15) is 25.7 Å². The summed E-state index contributed by atoms with van der Waals surface area (Å²) < 4.78 is 0. The maximum absolute atomic E-state index is 9.99. The Labute approximate surface area is 202 Å². The topological polar surface area (TPSA) is 426 Å². The molecule has 0 spiro atoms. The molecular formula is C16H32N8O12. The second-order valence-electron chi connectivity index (χ2n) is 6.46. The summed E-state index contributed by atoms with van der Waals surface area (Å²) in [6.45, 7) is 0. The molecule has 0 bridgehead atoms. The lowest BCUT2D eigenvalue weighted by molar-refractivity contribution is -0.140. The fourth-order valence-corrected chi connectivity index (χ4v) is 1.22. The molecule has 0 aromatic heterocycles. The molecule has 20 N–H and O–H groups in total. The molecular weight excluding hydrogens is 496 g/mol. The van der Waals surface area contributed by atoms with Crippen LogP contribution in [0.2, 0.25) is 0 Å². The lowest BCUT2D eigenvalue weighted by atomic mass is 10.2. The first-order valence-electron chi connectivity index (χ1n) is 9.22. The van der Waals surface area contributed by atoms with Crippen molar-refractivity contribution in [3.63, 3.8) is 0 Å². The zero-order chi connectivity index (χ0) is 29.8. The Hall–Kier alpha value is -4.40. The molecule has 0 aromatic rings. The number of amides is 4. The third kappa shape index (κ3) is 31.8. The average Bonchev–Trinajstić information content (AvgIpc) is 2.67. The van der Waals surface area contributed by atoms with Crippen LogP contribution in [-0.4, -0.2) is 92.1 Å². The molecule has 0 aliphatic heterocycles. The lowest BCUT2D eigenvalue weighted by Gasteiger charge is -1.99. The Balaban J connectivity index is -0.000000190. The predicted octanol–water partition coefficient (Wildman–Crippen LogP) is -6.91. The van der Waals surface area contributed by atoms with Gasteiger partial charge in [0.2, 0.25) is 23.6 Å². The van der Waals surface area contributed by atoms with Gasteiger partial charge in [-0.15, -0.1) is 0 Å². The van der Waals surface area contributed by atoms with Gasteiger partial charge in [0.05, 0.1) is 25.7 Å². The van der Waals surface area contributed by atoms with E-state index in [9.17, 15) is 38.4 Å². The van der Waals surface area contributed by atoms with Crippen molar-refractivity contribution in [2.24, 2.45) is 45.9 Å². The SMILES string of the molecule is NC(=O)CC(N)C(=O)O.NC(=O)CC(N)C(=O)O.NC(=O)CC(N)C(=O)O.NC(=O)CC(N)C(=O)O. The third-order valence-corrected chi connectivity index (χ3v) is 2.95. The fraction of sp³-hybridized carbons (Fsp3) is 0.500. The Bertz CT molecular complexity index is 663. The molecule has 0 aromatic carbocycles. The van der Waals surface area contributed by atoms with Gasteiger partial charge in [0.1, 0.15) is 24.2 Å². The van der Waals surface area contributed by atoms with Crippen LogP contribution in [0.5, 0.6) is 0 Å². The van der Waals surface area contributed by atoms with Crippen LogP contribution in [0.4, 0.5) is 0 Å². The number of aliphatic carboxylic acids is 4. The fourth-order valence-electron chi connectivity index (χ4n) is 1.22. The van der Waals surface area contributed by atoms with E-state index in [4.69, 9.17) is 43.4 Å². The highest BCUT2D eigenvalue weighted by Crippen LogP contribution is 1.86. The summed E-state index contributed by atoms with van der Waals surface area (Å²) in [7, 11) is 0. The molecule has 0 fully saturated rings. The minimum absolute atomic E-state index is 0.310. The molecule has 0 aliphatic rings. The van der Waals surface area contributed by atoms with Crippen LogP contribution in [-0.2, 0) is 38.4 Å². The van der Waals surface area contributed by atoms with E-state index < -0.39 is 71.7 Å². The van der Waals surface area contributed by atoms with Crippen LogP contribution >= 0.6 is 0 Å². The van der Waals surface area contributed by atoms with Crippen LogP contribution < -0.4 is 45.9 Å². The highest BCUT2D eigenvalue weighted by Gasteiger charge is 2.15. The normalized spacial score (nSPS) is 12.6. The number of carbonyl (C=O) groups excluding carboxylic acids is 4. The molecule has 208 valence electrons. The van der Waals surface area contributed by atoms with E-state index in [1.165, 1.54) is 0 Å². The van der Waals surface area contributed by atoms with Gasteiger partial charge < -0.3 is 66.3 Å². The predicted molar refractivity (Wildman–Crippen MR) is 118 cm³/mol. The number of carboxylic acids is 4. The van der Waals surface area contributed by atoms with Crippen molar-refractivity contribution in [2.45, 2.75) is 49.9 Å². The molecule has 4 unspecified atom stereocenters. The Morgan fingerprint density at radius 2 is 0.500 bits per heavy atom. The second-order valence-corrected chi connectivity index (χ2v) is 6.46. The highest BCUT2D eigenvalue weighted by atomic mass is 16.4. The first-order chi connectivity index (χ1) is 16.1. The quantitative estimate of drug-likeness (QED) is 0.112. The molecule has 0 radical (unpaired) electrons. The molecule has 0 aliphatic carbocycles. The van der Waals surface area contributed by atoms with Gasteiger partial charge in [0.15, 0.2) is 0 Å². The molecule has 0 saturated carbocycles. The van der Waals surface area contributed by atoms with Gasteiger partial charge in [-0.3, -0.25) is 38.4 Å². The third-order valence-electron chi connectivity index (χ3n) is 2.95. The highest BCUT2D eigenvalue weighted by molar-refractivity contribution is 5.84. The van der Waals surface area contributed by atoms with Gasteiger partial charge in [-0.2, -0.15) is 0 Å². The summed E-state index contributed by atoms with van der Waals surface area (Å²) in [5.74, 6) is -7.67. The second kappa shape index (κ2) is 21.2. The van der Waals surface area contributed by atoms with Gasteiger partial charge >= 0.3 is 23.9 Å². The van der Waals surface area contributed by atoms with Gasteiger partial charge in [0.25, 0.3) is 0 Å². The summed E-state index contributed by atoms with van der Waals surface area (Å²) in [5, 5.41) is 32.4. The average molecular weight is 528 g/mol. The number of rotatable bonds is 12. The number of carbonyl (C=O) groups is 8. The molecule has 4 atom stereocenters. The monoisotopic (exact) mass is 528 g/mol. The first kappa shape index (κ1) is 38.8. The van der Waals surface area contributed by atoms with E-state index in [-0.39, 0.29) is 25.7 Å². The summed E-state index contributed by atoms with van der Waals surface area (Å²) in [4.78, 5) is 79.6. The molecule has 20 nitrogen and oxygen atoms in total. The van der Waals surface area contributed by atoms with Crippen molar-refractivity contribution in [2.75, 3.05) is 0 Å². The molecule has 4 amide bonds. The van der Waals surface area contributed by atoms with E-state index in [1.807, 2.05) is 0 Å². The minimum atomic E-state index is -1.21. The molecule has 0 heterocycles. The van der Waals surface area contributed by atoms with E-state index in [1.54, 1.807) is 0 Å². The van der Waals surface area contributed by atoms with E-state index in [0.717, 1.165) is 0 Å². The van der Waals surface area contributed by atoms with Gasteiger partial charge in [-0.05, 0) is 0 Å². The Kier molecular flexibility index (Phi) is 22.8. The zero-order valence-electron chi connectivity index (χ0n) is 18.8. The summed E-state index contributed by atoms with van der Waals surface area (Å²) >= 11 is 0. The van der Waals surface area contributed by atoms with Crippen molar-refractivity contribution < 1.29 is 58.8 Å². The number of nitrogens with two attached hydrogens (primary N) is 8. The number of hydrogen-bond donors (Lipinski definition) is 12. The zero-order valence-corrected chi connectivity index (χ0v) is 18.8. The maximum Gasteiger partial charge on any atom is 0.321 e. The van der Waals surface area contributed by atoms with Crippen molar-refractivity contribution >= 4 is 47.5 Å². The molecule has 36 heavy (non-hydrogen) atoms. The van der Waals surface area contributed by atoms with Gasteiger partial charge in [-0.25, -0.2) is 0 Å². The Morgan fingerprint density at radius 1 is 0.389 bits per heavy atom. The smallest absolute Gasteiger partial charge is 0.321 e. The molecule has 0 saturated heterocycles. The van der Waals surface area contributed by atoms with E-state index in [2.05, 4.69) is 22.9 Å². The van der Waals surface area contributed by atoms with Crippen LogP contribution in [0, 0.1) is 0 Å². The largest absolute Gasteiger partial charge is 0.480 e. The molecule has 20 heteroatoms. The van der Waals surface area contributed by atoms with Crippen molar-refractivity contribution in [3.8, 4) is 0 Å². The van der Waals surface area contributed by atoms with E-state index in [0.29, 0.717) is 0 Å². The number of hydrogen-bond acceptors (Lipinski definition) is 12. The Morgan fingerprint density at radius 3 is 0.528 bits per heavy atom. The van der Waals surface area contributed by atoms with Gasteiger partial charge in [-0.1, -0.05) is 0 Å². The van der Waals surface area contributed by atoms with Crippen LogP contribution in [0.15, 0.2) is 0 Å². The van der Waals surface area contributed by atoms with Gasteiger partial charge in [0, 0.05) is 0 Å². The van der Waals surface area contributed by atoms with E-state index >= 15 is 0 Å². The van der Waals surface area contributed by atoms with Crippen LogP contribution in [0.25, 0.3) is 0 Å². The lowest BCUT2D eigenvalue weighted by Crippen LogP contribution is -2.34. The summed E-state index contributed by atoms with van der Waals surface area (Å²) in [5.41, 5.74) is 38.3. The van der Waals surface area contributed by atoms with Crippen molar-refractivity contribution in [1.82, 2.24) is 0 Å². The summed E-state index contributed by atoms with van der Waals surface area (Å²) in [6.07, 6.45) is -1.24. The van der Waals surface area contributed by atoms with Crippen molar-refractivity contribution in [3.05, 3.63) is 0 Å². The minimum Gasteiger partial charge on any atom is -0.480 e. The van der Waals surface area contributed by atoms with Crippen LogP contribution in [0.3, 0.4) is 0 Å².